The van der Waals surface area contributed by atoms with Gasteiger partial charge in [-0.2, -0.15) is 0 Å². The zero-order chi connectivity index (χ0) is 6.78. The van der Waals surface area contributed by atoms with Crippen molar-refractivity contribution >= 4 is 7.82 Å². The Bertz CT molecular complexity index is 134. The van der Waals surface area contributed by atoms with E-state index >= 15 is 0 Å². The van der Waals surface area contributed by atoms with Gasteiger partial charge in [0.15, 0.2) is 0 Å². The van der Waals surface area contributed by atoms with Gasteiger partial charge < -0.3 is 18.9 Å². The van der Waals surface area contributed by atoms with E-state index in [1.54, 1.807) is 0 Å². The molecule has 0 aromatic rings. The highest BCUT2D eigenvalue weighted by Crippen LogP contribution is 2.27. The van der Waals surface area contributed by atoms with Crippen molar-refractivity contribution in [2.75, 3.05) is 0 Å². The maximum Gasteiger partial charge on any atom is 0.113 e. The molecule has 0 aromatic carbocycles. The van der Waals surface area contributed by atoms with Crippen LogP contribution in [0.15, 0.2) is 12.3 Å². The molecule has 0 rings (SSSR count). The molecule has 0 saturated heterocycles. The summed E-state index contributed by atoms with van der Waals surface area (Å²) in [6.45, 7) is 4.33. The van der Waals surface area contributed by atoms with Crippen molar-refractivity contribution in [1.82, 2.24) is 0 Å². The van der Waals surface area contributed by atoms with Crippen molar-refractivity contribution in [2.45, 2.75) is 6.92 Å². The van der Waals surface area contributed by atoms with Gasteiger partial charge in [-0.25, -0.2) is 0 Å². The van der Waals surface area contributed by atoms with Crippen LogP contribution in [0.2, 0.25) is 0 Å². The summed E-state index contributed by atoms with van der Waals surface area (Å²) in [6, 6.07) is 0. The van der Waals surface area contributed by atoms with E-state index in [9.17, 15) is 14.4 Å². The van der Waals surface area contributed by atoms with Crippen LogP contribution in [-0.4, -0.2) is 0 Å². The second kappa shape index (κ2) is 2.31. The van der Waals surface area contributed by atoms with Crippen LogP contribution < -0.4 is 9.79 Å². The predicted octanol–water partition coefficient (Wildman–Crippen LogP) is -0.635. The summed E-state index contributed by atoms with van der Waals surface area (Å²) in [5.41, 5.74) is 0. The molecule has 0 atom stereocenters. The Morgan fingerprint density at radius 2 is 2.12 bits per heavy atom. The van der Waals surface area contributed by atoms with Crippen molar-refractivity contribution < 1.29 is 18.9 Å². The molecule has 0 fully saturated rings. The van der Waals surface area contributed by atoms with Gasteiger partial charge in [0.05, 0.1) is 5.76 Å². The summed E-state index contributed by atoms with van der Waals surface area (Å²) < 4.78 is 13.3. The Balaban J connectivity index is 3.74. The molecule has 4 nitrogen and oxygen atoms in total. The van der Waals surface area contributed by atoms with E-state index in [0.29, 0.717) is 0 Å². The molecule has 0 aliphatic heterocycles. The summed E-state index contributed by atoms with van der Waals surface area (Å²) in [7, 11) is -4.82. The minimum atomic E-state index is -4.82. The monoisotopic (exact) mass is 136 g/mol. The number of hydrogen-bond donors (Lipinski definition) is 0. The van der Waals surface area contributed by atoms with Crippen LogP contribution in [0.1, 0.15) is 6.92 Å². The van der Waals surface area contributed by atoms with Crippen LogP contribution in [0.25, 0.3) is 0 Å². The Morgan fingerprint density at radius 1 is 1.75 bits per heavy atom. The molecule has 0 radical (unpaired) electrons. The molecule has 0 aliphatic rings. The van der Waals surface area contributed by atoms with Crippen LogP contribution in [-0.2, 0) is 9.09 Å². The lowest BCUT2D eigenvalue weighted by atomic mass is 10.7. The lowest BCUT2D eigenvalue weighted by Crippen LogP contribution is -2.15. The zero-order valence-electron chi connectivity index (χ0n) is 4.29. The van der Waals surface area contributed by atoms with Crippen LogP contribution in [0.4, 0.5) is 0 Å². The van der Waals surface area contributed by atoms with Crippen molar-refractivity contribution in [2.24, 2.45) is 0 Å². The zero-order valence-corrected chi connectivity index (χ0v) is 5.18. The second-order valence-electron chi connectivity index (χ2n) is 1.24. The van der Waals surface area contributed by atoms with Gasteiger partial charge in [-0.05, 0) is 6.92 Å². The van der Waals surface area contributed by atoms with E-state index in [-0.39, 0.29) is 5.76 Å². The number of allylic oxidation sites excluding steroid dienone is 1. The first-order valence-electron chi connectivity index (χ1n) is 1.79. The van der Waals surface area contributed by atoms with E-state index in [4.69, 9.17) is 0 Å². The van der Waals surface area contributed by atoms with Crippen molar-refractivity contribution in [3.63, 3.8) is 0 Å². The average molecular weight is 136 g/mol. The third kappa shape index (κ3) is 5.69. The van der Waals surface area contributed by atoms with E-state index < -0.39 is 7.82 Å². The Hall–Kier alpha value is -0.310. The third-order valence-electron chi connectivity index (χ3n) is 0.268. The molecule has 0 aliphatic carbocycles. The Morgan fingerprint density at radius 3 is 2.12 bits per heavy atom. The standard InChI is InChI=1S/C3H7O4P/c1-3(2)7-8(4,5)6/h1H2,2H3,(H2,4,5,6)/p-2. The van der Waals surface area contributed by atoms with Crippen molar-refractivity contribution in [3.8, 4) is 0 Å². The first-order valence-corrected chi connectivity index (χ1v) is 3.25. The molecule has 0 amide bonds. The summed E-state index contributed by atoms with van der Waals surface area (Å²) in [5, 5.41) is 0. The van der Waals surface area contributed by atoms with Gasteiger partial charge in [-0.3, -0.25) is 0 Å². The molecule has 0 N–H and O–H groups in total. The fourth-order valence-electron chi connectivity index (χ4n) is 0.191. The number of hydrogen-bond acceptors (Lipinski definition) is 4. The van der Waals surface area contributed by atoms with Crippen LogP contribution in [0.5, 0.6) is 0 Å². The van der Waals surface area contributed by atoms with Gasteiger partial charge in [0.25, 0.3) is 0 Å². The highest BCUT2D eigenvalue weighted by atomic mass is 31.2. The first kappa shape index (κ1) is 7.69. The average Bonchev–Trinajstić information content (AvgIpc) is 1.21. The fourth-order valence-corrected chi connectivity index (χ4v) is 0.573. The van der Waals surface area contributed by atoms with E-state index in [0.717, 1.165) is 0 Å². The molecular formula is C3H5O4P-2. The minimum Gasteiger partial charge on any atom is -0.780 e. The maximum atomic E-state index is 9.63. The first-order chi connectivity index (χ1) is 3.42. The highest BCUT2D eigenvalue weighted by Gasteiger charge is 1.87. The summed E-state index contributed by atoms with van der Waals surface area (Å²) >= 11 is 0. The van der Waals surface area contributed by atoms with Crippen LogP contribution >= 0.6 is 7.82 Å². The molecule has 8 heavy (non-hydrogen) atoms. The van der Waals surface area contributed by atoms with E-state index in [2.05, 4.69) is 11.1 Å². The van der Waals surface area contributed by atoms with Gasteiger partial charge >= 0.3 is 0 Å². The highest BCUT2D eigenvalue weighted by molar-refractivity contribution is 7.43. The normalized spacial score (nSPS) is 10.9. The quantitative estimate of drug-likeness (QED) is 0.374. The largest absolute Gasteiger partial charge is 0.780 e. The smallest absolute Gasteiger partial charge is 0.113 e. The van der Waals surface area contributed by atoms with Crippen LogP contribution in [0.3, 0.4) is 0 Å². The molecule has 0 bridgehead atoms. The summed E-state index contributed by atoms with van der Waals surface area (Å²) in [4.78, 5) is 19.3. The number of rotatable bonds is 2. The van der Waals surface area contributed by atoms with Crippen molar-refractivity contribution in [3.05, 3.63) is 12.3 Å². The van der Waals surface area contributed by atoms with Gasteiger partial charge in [0, 0.05) is 0 Å². The summed E-state index contributed by atoms with van der Waals surface area (Å²) in [6.07, 6.45) is 0. The van der Waals surface area contributed by atoms with Crippen LogP contribution in [0, 0.1) is 0 Å². The van der Waals surface area contributed by atoms with Gasteiger partial charge in [-0.1, -0.05) is 6.58 Å². The topological polar surface area (TPSA) is 72.4 Å². The molecule has 0 spiro atoms. The van der Waals surface area contributed by atoms with E-state index in [1.165, 1.54) is 6.92 Å². The molecule has 0 unspecified atom stereocenters. The Labute approximate surface area is 47.0 Å². The van der Waals surface area contributed by atoms with E-state index in [1.807, 2.05) is 0 Å². The van der Waals surface area contributed by atoms with Gasteiger partial charge in [-0.15, -0.1) is 0 Å². The molecule has 48 valence electrons. The molecule has 0 saturated carbocycles. The molecule has 0 aromatic heterocycles. The van der Waals surface area contributed by atoms with Gasteiger partial charge in [0.1, 0.15) is 7.82 Å². The molecule has 0 heterocycles. The molecule has 5 heteroatoms. The predicted molar refractivity (Wildman–Crippen MR) is 23.5 cm³/mol. The Kier molecular flexibility index (Phi) is 2.22. The number of phosphoric acid groups is 1. The lowest BCUT2D eigenvalue weighted by molar-refractivity contribution is -0.338. The third-order valence-corrected chi connectivity index (χ3v) is 0.803. The maximum absolute atomic E-state index is 9.63. The SMILES string of the molecule is C=C(C)OP(=O)([O-])[O-]. The number of phosphoric ester groups is 1. The minimum absolute atomic E-state index is 0.113. The molecular weight excluding hydrogens is 131 g/mol. The summed E-state index contributed by atoms with van der Waals surface area (Å²) in [5.74, 6) is -0.113. The lowest BCUT2D eigenvalue weighted by Gasteiger charge is -2.28. The second-order valence-corrected chi connectivity index (χ2v) is 2.32. The van der Waals surface area contributed by atoms with Gasteiger partial charge in [0.2, 0.25) is 0 Å². The van der Waals surface area contributed by atoms with Crippen molar-refractivity contribution in [1.29, 1.82) is 0 Å². The fraction of sp³-hybridized carbons (Fsp3) is 0.333.